The monoisotopic (exact) mass is 427 g/mol. The summed E-state index contributed by atoms with van der Waals surface area (Å²) in [5.41, 5.74) is 0.936. The number of halogens is 1. The van der Waals surface area contributed by atoms with E-state index in [0.29, 0.717) is 28.8 Å². The molecule has 0 radical (unpaired) electrons. The van der Waals surface area contributed by atoms with E-state index in [-0.39, 0.29) is 6.54 Å². The third-order valence-electron chi connectivity index (χ3n) is 4.68. The van der Waals surface area contributed by atoms with Crippen LogP contribution in [0.4, 0.5) is 11.4 Å². The highest BCUT2D eigenvalue weighted by molar-refractivity contribution is 6.31. The van der Waals surface area contributed by atoms with Gasteiger partial charge < -0.3 is 10.1 Å². The second kappa shape index (κ2) is 8.11. The van der Waals surface area contributed by atoms with Crippen LogP contribution >= 0.6 is 11.6 Å². The number of anilines is 2. The van der Waals surface area contributed by atoms with Gasteiger partial charge in [0, 0.05) is 10.7 Å². The summed E-state index contributed by atoms with van der Waals surface area (Å²) >= 11 is 5.92. The molecule has 0 spiro atoms. The number of amides is 3. The Balaban J connectivity index is 1.46. The van der Waals surface area contributed by atoms with E-state index in [1.54, 1.807) is 48.5 Å². The lowest BCUT2D eigenvalue weighted by Gasteiger charge is -2.20. The van der Waals surface area contributed by atoms with E-state index in [9.17, 15) is 14.4 Å². The SMILES string of the molecule is CCOc1ccc(N2C(=O)C3N=NN(CC(=O)Nc4cccc(Cl)c4)C3C2=O)cc1. The van der Waals surface area contributed by atoms with Gasteiger partial charge in [-0.15, -0.1) is 0 Å². The molecule has 10 heteroatoms. The molecule has 2 aromatic carbocycles. The van der Waals surface area contributed by atoms with Gasteiger partial charge in [0.1, 0.15) is 12.3 Å². The summed E-state index contributed by atoms with van der Waals surface area (Å²) in [6, 6.07) is 11.4. The first-order valence-corrected chi connectivity index (χ1v) is 9.69. The third-order valence-corrected chi connectivity index (χ3v) is 4.91. The zero-order valence-electron chi connectivity index (χ0n) is 16.0. The van der Waals surface area contributed by atoms with Gasteiger partial charge in [0.2, 0.25) is 5.91 Å². The predicted molar refractivity (Wildman–Crippen MR) is 109 cm³/mol. The van der Waals surface area contributed by atoms with E-state index >= 15 is 0 Å². The Morgan fingerprint density at radius 3 is 2.63 bits per heavy atom. The summed E-state index contributed by atoms with van der Waals surface area (Å²) in [5.74, 6) is -0.721. The molecule has 2 aliphatic heterocycles. The summed E-state index contributed by atoms with van der Waals surface area (Å²) < 4.78 is 5.39. The van der Waals surface area contributed by atoms with Crippen molar-refractivity contribution >= 4 is 40.7 Å². The van der Waals surface area contributed by atoms with Gasteiger partial charge in [-0.1, -0.05) is 22.9 Å². The number of fused-ring (bicyclic) bond motifs is 1. The molecule has 30 heavy (non-hydrogen) atoms. The topological polar surface area (TPSA) is 104 Å². The summed E-state index contributed by atoms with van der Waals surface area (Å²) in [6.45, 7) is 2.15. The number of carbonyl (C=O) groups is 3. The molecule has 2 atom stereocenters. The third kappa shape index (κ3) is 3.71. The number of imide groups is 1. The normalized spacial score (nSPS) is 19.9. The molecule has 1 N–H and O–H groups in total. The largest absolute Gasteiger partial charge is 0.494 e. The maximum atomic E-state index is 13.0. The Hall–Kier alpha value is -3.46. The summed E-state index contributed by atoms with van der Waals surface area (Å²) in [4.78, 5) is 39.2. The second-order valence-electron chi connectivity index (χ2n) is 6.69. The van der Waals surface area contributed by atoms with Crippen molar-refractivity contribution in [3.05, 3.63) is 53.6 Å². The van der Waals surface area contributed by atoms with Crippen molar-refractivity contribution in [3.8, 4) is 5.75 Å². The lowest BCUT2D eigenvalue weighted by Crippen LogP contribution is -2.43. The molecule has 1 saturated heterocycles. The van der Waals surface area contributed by atoms with E-state index in [1.165, 1.54) is 5.01 Å². The average Bonchev–Trinajstić information content (AvgIpc) is 3.23. The highest BCUT2D eigenvalue weighted by atomic mass is 35.5. The number of rotatable bonds is 6. The van der Waals surface area contributed by atoms with Crippen molar-refractivity contribution in [2.24, 2.45) is 10.3 Å². The molecule has 3 amide bonds. The molecule has 154 valence electrons. The van der Waals surface area contributed by atoms with Crippen molar-refractivity contribution < 1.29 is 19.1 Å². The zero-order chi connectivity index (χ0) is 21.3. The van der Waals surface area contributed by atoms with Gasteiger partial charge in [0.15, 0.2) is 12.1 Å². The standard InChI is InChI=1S/C20H18ClN5O4/c1-2-30-15-8-6-14(7-9-15)26-19(28)17-18(20(26)29)25(24-23-17)11-16(27)22-13-5-3-4-12(21)10-13/h3-10,17-18H,2,11H2,1H3,(H,22,27). The Labute approximate surface area is 177 Å². The first-order chi connectivity index (χ1) is 14.5. The average molecular weight is 428 g/mol. The molecule has 0 bridgehead atoms. The molecule has 0 aromatic heterocycles. The molecular formula is C20H18ClN5O4. The number of benzene rings is 2. The molecular weight excluding hydrogens is 410 g/mol. The minimum atomic E-state index is -0.969. The highest BCUT2D eigenvalue weighted by Crippen LogP contribution is 2.32. The fraction of sp³-hybridized carbons (Fsp3) is 0.250. The summed E-state index contributed by atoms with van der Waals surface area (Å²) in [6.07, 6.45) is 0. The molecule has 2 unspecified atom stereocenters. The van der Waals surface area contributed by atoms with E-state index in [0.717, 1.165) is 4.90 Å². The lowest BCUT2D eigenvalue weighted by molar-refractivity contribution is -0.123. The van der Waals surface area contributed by atoms with Gasteiger partial charge >= 0.3 is 0 Å². The molecule has 9 nitrogen and oxygen atoms in total. The number of hydrogen-bond donors (Lipinski definition) is 1. The van der Waals surface area contributed by atoms with E-state index in [2.05, 4.69) is 15.7 Å². The number of carbonyl (C=O) groups excluding carboxylic acids is 3. The van der Waals surface area contributed by atoms with Crippen molar-refractivity contribution in [2.75, 3.05) is 23.4 Å². The van der Waals surface area contributed by atoms with Gasteiger partial charge in [-0.3, -0.25) is 19.4 Å². The number of ether oxygens (including phenoxy) is 1. The molecule has 0 saturated carbocycles. The fourth-order valence-electron chi connectivity index (χ4n) is 3.38. The van der Waals surface area contributed by atoms with Crippen molar-refractivity contribution in [2.45, 2.75) is 19.0 Å². The Morgan fingerprint density at radius 1 is 1.17 bits per heavy atom. The quantitative estimate of drug-likeness (QED) is 0.714. The molecule has 4 rings (SSSR count). The van der Waals surface area contributed by atoms with Crippen LogP contribution in [0.3, 0.4) is 0 Å². The molecule has 2 aromatic rings. The van der Waals surface area contributed by atoms with Gasteiger partial charge in [0.05, 0.1) is 12.3 Å². The second-order valence-corrected chi connectivity index (χ2v) is 7.13. The smallest absolute Gasteiger partial charge is 0.263 e. The van der Waals surface area contributed by atoms with Gasteiger partial charge in [0.25, 0.3) is 11.8 Å². The van der Waals surface area contributed by atoms with Crippen LogP contribution in [0.2, 0.25) is 5.02 Å². The van der Waals surface area contributed by atoms with E-state index in [1.807, 2.05) is 6.92 Å². The van der Waals surface area contributed by atoms with Crippen LogP contribution in [0.5, 0.6) is 5.75 Å². The number of nitrogens with one attached hydrogen (secondary N) is 1. The van der Waals surface area contributed by atoms with Crippen LogP contribution in [0.15, 0.2) is 58.9 Å². The minimum Gasteiger partial charge on any atom is -0.494 e. The summed E-state index contributed by atoms with van der Waals surface area (Å²) in [5, 5.41) is 12.2. The molecule has 2 aliphatic rings. The fourth-order valence-corrected chi connectivity index (χ4v) is 3.57. The first-order valence-electron chi connectivity index (χ1n) is 9.31. The van der Waals surface area contributed by atoms with Gasteiger partial charge in [-0.25, -0.2) is 4.90 Å². The summed E-state index contributed by atoms with van der Waals surface area (Å²) in [7, 11) is 0. The maximum Gasteiger partial charge on any atom is 0.263 e. The number of hydrogen-bond acceptors (Lipinski definition) is 7. The van der Waals surface area contributed by atoms with Crippen molar-refractivity contribution in [1.82, 2.24) is 5.01 Å². The van der Waals surface area contributed by atoms with E-state index < -0.39 is 29.8 Å². The zero-order valence-corrected chi connectivity index (χ0v) is 16.7. The highest BCUT2D eigenvalue weighted by Gasteiger charge is 2.55. The minimum absolute atomic E-state index is 0.229. The molecule has 0 aliphatic carbocycles. The van der Waals surface area contributed by atoms with Gasteiger partial charge in [-0.05, 0) is 49.4 Å². The Kier molecular flexibility index (Phi) is 5.37. The van der Waals surface area contributed by atoms with Crippen molar-refractivity contribution in [1.29, 1.82) is 0 Å². The van der Waals surface area contributed by atoms with Crippen LogP contribution in [0, 0.1) is 0 Å². The Bertz CT molecular complexity index is 1030. The first kappa shape index (κ1) is 19.8. The van der Waals surface area contributed by atoms with Crippen LogP contribution < -0.4 is 15.0 Å². The lowest BCUT2D eigenvalue weighted by atomic mass is 10.1. The van der Waals surface area contributed by atoms with Crippen LogP contribution in [0.25, 0.3) is 0 Å². The number of nitrogens with zero attached hydrogens (tertiary/aromatic N) is 4. The van der Waals surface area contributed by atoms with Gasteiger partial charge in [-0.2, -0.15) is 5.11 Å². The molecule has 1 fully saturated rings. The van der Waals surface area contributed by atoms with Crippen LogP contribution in [0.1, 0.15) is 6.92 Å². The Morgan fingerprint density at radius 2 is 1.93 bits per heavy atom. The van der Waals surface area contributed by atoms with Crippen LogP contribution in [-0.2, 0) is 14.4 Å². The maximum absolute atomic E-state index is 13.0. The van der Waals surface area contributed by atoms with Crippen LogP contribution in [-0.4, -0.2) is 48.0 Å². The molecule has 2 heterocycles. The van der Waals surface area contributed by atoms with E-state index in [4.69, 9.17) is 16.3 Å². The predicted octanol–water partition coefficient (Wildman–Crippen LogP) is 2.67. The van der Waals surface area contributed by atoms with Crippen molar-refractivity contribution in [3.63, 3.8) is 0 Å².